The fourth-order valence-electron chi connectivity index (χ4n) is 1.19. The van der Waals surface area contributed by atoms with Gasteiger partial charge in [0.1, 0.15) is 5.82 Å². The van der Waals surface area contributed by atoms with Gasteiger partial charge >= 0.3 is 0 Å². The summed E-state index contributed by atoms with van der Waals surface area (Å²) in [6, 6.07) is 5.64. The van der Waals surface area contributed by atoms with Gasteiger partial charge in [-0.3, -0.25) is 4.79 Å². The maximum absolute atomic E-state index is 12.8. The van der Waals surface area contributed by atoms with E-state index in [4.69, 9.17) is 0 Å². The van der Waals surface area contributed by atoms with Crippen LogP contribution in [0, 0.1) is 5.82 Å². The van der Waals surface area contributed by atoms with Crippen LogP contribution < -0.4 is 0 Å². The molecule has 3 nitrogen and oxygen atoms in total. The fourth-order valence-corrected chi connectivity index (χ4v) is 1.64. The first-order valence-corrected chi connectivity index (χ1v) is 5.14. The van der Waals surface area contributed by atoms with E-state index in [0.717, 1.165) is 0 Å². The molecule has 0 aliphatic heterocycles. The van der Waals surface area contributed by atoms with Crippen molar-refractivity contribution in [3.8, 4) is 0 Å². The van der Waals surface area contributed by atoms with Crippen LogP contribution in [0.5, 0.6) is 0 Å². The first kappa shape index (κ1) is 9.92. The van der Waals surface area contributed by atoms with E-state index < -0.39 is 5.82 Å². The highest BCUT2D eigenvalue weighted by atomic mass is 32.1. The third kappa shape index (κ3) is 2.44. The molecule has 0 amide bonds. The van der Waals surface area contributed by atoms with Gasteiger partial charge in [0.2, 0.25) is 0 Å². The van der Waals surface area contributed by atoms with Gasteiger partial charge in [-0.05, 0) is 23.7 Å². The summed E-state index contributed by atoms with van der Waals surface area (Å²) < 4.78 is 16.5. The zero-order chi connectivity index (χ0) is 10.7. The Hall–Kier alpha value is -1.62. The maximum atomic E-state index is 12.8. The van der Waals surface area contributed by atoms with Crippen LogP contribution in [-0.2, 0) is 6.42 Å². The van der Waals surface area contributed by atoms with E-state index in [9.17, 15) is 9.18 Å². The average molecular weight is 222 g/mol. The van der Waals surface area contributed by atoms with E-state index in [2.05, 4.69) is 9.59 Å². The fraction of sp³-hybridized carbons (Fsp3) is 0.100. The van der Waals surface area contributed by atoms with Crippen LogP contribution in [0.1, 0.15) is 16.1 Å². The maximum Gasteiger partial charge on any atom is 0.169 e. The molecule has 15 heavy (non-hydrogen) atoms. The topological polar surface area (TPSA) is 42.9 Å². The minimum atomic E-state index is -0.405. The van der Waals surface area contributed by atoms with Gasteiger partial charge < -0.3 is 0 Å². The molecule has 0 fully saturated rings. The number of halogens is 1. The normalized spacial score (nSPS) is 10.2. The van der Waals surface area contributed by atoms with Crippen LogP contribution in [0.2, 0.25) is 0 Å². The summed E-state index contributed by atoms with van der Waals surface area (Å²) >= 11 is 1.19. The Bertz CT molecular complexity index is 470. The van der Waals surface area contributed by atoms with Crippen molar-refractivity contribution in [2.75, 3.05) is 0 Å². The molecule has 0 N–H and O–H groups in total. The molecule has 0 aliphatic rings. The summed E-state index contributed by atoms with van der Waals surface area (Å²) in [6.07, 6.45) is 0.167. The molecule has 1 aromatic heterocycles. The van der Waals surface area contributed by atoms with Gasteiger partial charge in [0.05, 0.1) is 12.1 Å². The molecular weight excluding hydrogens is 215 g/mol. The number of carbonyl (C=O) groups is 1. The van der Waals surface area contributed by atoms with Crippen molar-refractivity contribution in [2.45, 2.75) is 6.42 Å². The van der Waals surface area contributed by atoms with Gasteiger partial charge in [-0.1, -0.05) is 16.6 Å². The summed E-state index contributed by atoms with van der Waals surface area (Å²) in [5.74, 6) is -0.556. The Labute approximate surface area is 89.7 Å². The Morgan fingerprint density at radius 1 is 1.47 bits per heavy atom. The molecule has 5 heteroatoms. The molecule has 2 rings (SSSR count). The minimum absolute atomic E-state index is 0.151. The molecule has 0 bridgehead atoms. The number of rotatable bonds is 3. The van der Waals surface area contributed by atoms with Crippen molar-refractivity contribution in [3.05, 3.63) is 46.7 Å². The largest absolute Gasteiger partial charge is 0.294 e. The molecule has 0 atom stereocenters. The van der Waals surface area contributed by atoms with Crippen molar-refractivity contribution in [3.63, 3.8) is 0 Å². The summed E-state index contributed by atoms with van der Waals surface area (Å²) in [7, 11) is 0. The van der Waals surface area contributed by atoms with Crippen LogP contribution in [0.25, 0.3) is 0 Å². The number of hydrogen-bond donors (Lipinski definition) is 0. The zero-order valence-electron chi connectivity index (χ0n) is 7.68. The number of hydrogen-bond acceptors (Lipinski definition) is 4. The second-order valence-corrected chi connectivity index (χ2v) is 3.62. The first-order valence-electron chi connectivity index (χ1n) is 4.30. The van der Waals surface area contributed by atoms with Crippen molar-refractivity contribution in [1.82, 2.24) is 9.59 Å². The summed E-state index contributed by atoms with van der Waals surface area (Å²) in [5.41, 5.74) is 0.984. The SMILES string of the molecule is O=C(Cc1csnn1)c1cccc(F)c1. The van der Waals surface area contributed by atoms with Gasteiger partial charge in [0.15, 0.2) is 5.78 Å². The Morgan fingerprint density at radius 2 is 2.33 bits per heavy atom. The summed E-state index contributed by atoms with van der Waals surface area (Å²) in [4.78, 5) is 11.6. The highest BCUT2D eigenvalue weighted by molar-refractivity contribution is 7.03. The van der Waals surface area contributed by atoms with Gasteiger partial charge in [0.25, 0.3) is 0 Å². The smallest absolute Gasteiger partial charge is 0.169 e. The molecule has 1 heterocycles. The second-order valence-electron chi connectivity index (χ2n) is 3.01. The Morgan fingerprint density at radius 3 is 3.00 bits per heavy atom. The molecule has 1 aromatic carbocycles. The van der Waals surface area contributed by atoms with E-state index in [-0.39, 0.29) is 12.2 Å². The monoisotopic (exact) mass is 222 g/mol. The Balaban J connectivity index is 2.15. The van der Waals surface area contributed by atoms with Crippen molar-refractivity contribution >= 4 is 17.3 Å². The van der Waals surface area contributed by atoms with E-state index in [1.54, 1.807) is 11.4 Å². The first-order chi connectivity index (χ1) is 7.25. The standard InChI is InChI=1S/C10H7FN2OS/c11-8-3-1-2-7(4-8)10(14)5-9-6-15-13-12-9/h1-4,6H,5H2. The predicted molar refractivity (Wildman–Crippen MR) is 54.3 cm³/mol. The predicted octanol–water partition coefficient (Wildman–Crippen LogP) is 2.10. The van der Waals surface area contributed by atoms with Crippen LogP contribution in [0.4, 0.5) is 4.39 Å². The molecule has 0 spiro atoms. The van der Waals surface area contributed by atoms with Crippen molar-refractivity contribution in [2.24, 2.45) is 0 Å². The second kappa shape index (κ2) is 4.27. The lowest BCUT2D eigenvalue weighted by Gasteiger charge is -1.97. The molecule has 0 radical (unpaired) electrons. The highest BCUT2D eigenvalue weighted by Gasteiger charge is 2.09. The van der Waals surface area contributed by atoms with Gasteiger partial charge in [-0.25, -0.2) is 4.39 Å². The van der Waals surface area contributed by atoms with Crippen LogP contribution in [-0.4, -0.2) is 15.4 Å². The molecule has 0 aliphatic carbocycles. The lowest BCUT2D eigenvalue weighted by molar-refractivity contribution is 0.0991. The van der Waals surface area contributed by atoms with E-state index in [0.29, 0.717) is 11.3 Å². The van der Waals surface area contributed by atoms with Crippen LogP contribution in [0.15, 0.2) is 29.6 Å². The number of carbonyl (C=O) groups excluding carboxylic acids is 1. The summed E-state index contributed by atoms with van der Waals surface area (Å²) in [5, 5.41) is 5.46. The minimum Gasteiger partial charge on any atom is -0.294 e. The number of aromatic nitrogens is 2. The third-order valence-corrected chi connectivity index (χ3v) is 2.45. The quantitative estimate of drug-likeness (QED) is 0.747. The molecule has 2 aromatic rings. The molecule has 76 valence electrons. The van der Waals surface area contributed by atoms with Gasteiger partial charge in [0, 0.05) is 10.9 Å². The lowest BCUT2D eigenvalue weighted by Crippen LogP contribution is -2.04. The number of nitrogens with zero attached hydrogens (tertiary/aromatic N) is 2. The highest BCUT2D eigenvalue weighted by Crippen LogP contribution is 2.08. The van der Waals surface area contributed by atoms with E-state index in [1.807, 2.05) is 0 Å². The van der Waals surface area contributed by atoms with Gasteiger partial charge in [-0.15, -0.1) is 5.10 Å². The van der Waals surface area contributed by atoms with E-state index >= 15 is 0 Å². The van der Waals surface area contributed by atoms with E-state index in [1.165, 1.54) is 29.7 Å². The van der Waals surface area contributed by atoms with Gasteiger partial charge in [-0.2, -0.15) is 0 Å². The average Bonchev–Trinajstić information content (AvgIpc) is 2.70. The number of Topliss-reactive ketones (excluding diaryl/α,β-unsaturated/α-hetero) is 1. The summed E-state index contributed by atoms with van der Waals surface area (Å²) in [6.45, 7) is 0. The van der Waals surface area contributed by atoms with Crippen molar-refractivity contribution < 1.29 is 9.18 Å². The van der Waals surface area contributed by atoms with Crippen molar-refractivity contribution in [1.29, 1.82) is 0 Å². The molecular formula is C10H7FN2OS. The third-order valence-electron chi connectivity index (χ3n) is 1.89. The number of benzene rings is 1. The Kier molecular flexibility index (Phi) is 2.82. The number of ketones is 1. The molecule has 0 saturated carbocycles. The lowest BCUT2D eigenvalue weighted by atomic mass is 10.1. The van der Waals surface area contributed by atoms with Crippen LogP contribution >= 0.6 is 11.5 Å². The zero-order valence-corrected chi connectivity index (χ0v) is 8.50. The molecule has 0 saturated heterocycles. The molecule has 0 unspecified atom stereocenters. The van der Waals surface area contributed by atoms with Crippen LogP contribution in [0.3, 0.4) is 0 Å².